The number of carbonyl (C=O) groups is 1. The molecule has 3 aromatic rings. The second-order valence-corrected chi connectivity index (χ2v) is 6.27. The number of imidazole rings is 1. The van der Waals surface area contributed by atoms with Gasteiger partial charge in [-0.15, -0.1) is 0 Å². The summed E-state index contributed by atoms with van der Waals surface area (Å²) in [6, 6.07) is 8.34. The summed E-state index contributed by atoms with van der Waals surface area (Å²) in [4.78, 5) is 17.0. The first kappa shape index (κ1) is 15.7. The summed E-state index contributed by atoms with van der Waals surface area (Å²) >= 11 is 3.43. The molecule has 0 fully saturated rings. The van der Waals surface area contributed by atoms with Gasteiger partial charge in [-0.2, -0.15) is 0 Å². The minimum absolute atomic E-state index is 0.130. The monoisotopic (exact) mass is 375 g/mol. The number of hydrogen-bond acceptors (Lipinski definition) is 2. The van der Waals surface area contributed by atoms with Crippen LogP contribution in [-0.2, 0) is 6.54 Å². The lowest BCUT2D eigenvalue weighted by atomic mass is 10.2. The van der Waals surface area contributed by atoms with Gasteiger partial charge in [0.2, 0.25) is 0 Å². The molecule has 0 aliphatic carbocycles. The number of pyridine rings is 1. The summed E-state index contributed by atoms with van der Waals surface area (Å²) in [5, 5.41) is 2.76. The summed E-state index contributed by atoms with van der Waals surface area (Å²) in [7, 11) is 0. The topological polar surface area (TPSA) is 46.4 Å². The largest absolute Gasteiger partial charge is 0.347 e. The van der Waals surface area contributed by atoms with Gasteiger partial charge in [-0.05, 0) is 47.5 Å². The van der Waals surface area contributed by atoms with E-state index in [1.165, 1.54) is 6.07 Å². The lowest BCUT2D eigenvalue weighted by Gasteiger charge is -2.08. The molecule has 0 bridgehead atoms. The molecule has 0 radical (unpaired) electrons. The number of aryl methyl sites for hydroxylation is 2. The molecule has 0 aliphatic heterocycles. The molecule has 0 unspecified atom stereocenters. The lowest BCUT2D eigenvalue weighted by molar-refractivity contribution is 0.0944. The zero-order valence-electron chi connectivity index (χ0n) is 12.7. The molecule has 118 valence electrons. The molecule has 6 heteroatoms. The van der Waals surface area contributed by atoms with Crippen molar-refractivity contribution in [2.75, 3.05) is 0 Å². The number of rotatable bonds is 3. The van der Waals surface area contributed by atoms with Gasteiger partial charge in [-0.3, -0.25) is 9.20 Å². The van der Waals surface area contributed by atoms with Crippen LogP contribution in [0.3, 0.4) is 0 Å². The first-order chi connectivity index (χ1) is 11.0. The summed E-state index contributed by atoms with van der Waals surface area (Å²) in [5.41, 5.74) is 3.25. The Morgan fingerprint density at radius 3 is 2.83 bits per heavy atom. The molecule has 0 spiro atoms. The van der Waals surface area contributed by atoms with Crippen molar-refractivity contribution in [1.82, 2.24) is 14.7 Å². The molecule has 3 rings (SSSR count). The Hall–Kier alpha value is -2.21. The zero-order chi connectivity index (χ0) is 16.6. The Bertz CT molecular complexity index is 904. The number of hydrogen-bond donors (Lipinski definition) is 1. The van der Waals surface area contributed by atoms with Gasteiger partial charge in [0, 0.05) is 22.8 Å². The van der Waals surface area contributed by atoms with Gasteiger partial charge in [0.05, 0.1) is 5.69 Å². The fourth-order valence-electron chi connectivity index (χ4n) is 2.56. The van der Waals surface area contributed by atoms with Gasteiger partial charge in [0.1, 0.15) is 17.2 Å². The van der Waals surface area contributed by atoms with E-state index in [1.807, 2.05) is 13.0 Å². The van der Waals surface area contributed by atoms with Crippen LogP contribution in [0.4, 0.5) is 4.39 Å². The maximum absolute atomic E-state index is 13.6. The average molecular weight is 376 g/mol. The van der Waals surface area contributed by atoms with Crippen LogP contribution in [0.15, 0.2) is 41.0 Å². The Morgan fingerprint density at radius 1 is 1.35 bits per heavy atom. The highest BCUT2D eigenvalue weighted by molar-refractivity contribution is 9.10. The zero-order valence-corrected chi connectivity index (χ0v) is 14.3. The second kappa shape index (κ2) is 6.12. The molecule has 1 aromatic carbocycles. The third-order valence-electron chi connectivity index (χ3n) is 3.66. The van der Waals surface area contributed by atoms with E-state index in [-0.39, 0.29) is 18.3 Å². The smallest absolute Gasteiger partial charge is 0.270 e. The van der Waals surface area contributed by atoms with Gasteiger partial charge in [-0.1, -0.05) is 18.2 Å². The molecule has 2 aromatic heterocycles. The SMILES string of the molecule is Cc1nc2c(C)cc(Br)cn2c1C(=O)NCc1ccccc1F. The Balaban J connectivity index is 1.92. The van der Waals surface area contributed by atoms with E-state index in [1.54, 1.807) is 35.7 Å². The van der Waals surface area contributed by atoms with Gasteiger partial charge in [0.25, 0.3) is 5.91 Å². The van der Waals surface area contributed by atoms with Gasteiger partial charge >= 0.3 is 0 Å². The number of carbonyl (C=O) groups excluding carboxylic acids is 1. The van der Waals surface area contributed by atoms with Crippen LogP contribution < -0.4 is 5.32 Å². The number of halogens is 2. The van der Waals surface area contributed by atoms with Crippen LogP contribution in [0, 0.1) is 19.7 Å². The van der Waals surface area contributed by atoms with Crippen molar-refractivity contribution in [3.05, 3.63) is 69.3 Å². The predicted molar refractivity (Wildman–Crippen MR) is 89.9 cm³/mol. The summed E-state index contributed by atoms with van der Waals surface area (Å²) in [5.74, 6) is -0.614. The van der Waals surface area contributed by atoms with Crippen molar-refractivity contribution in [1.29, 1.82) is 0 Å². The average Bonchev–Trinajstić information content (AvgIpc) is 2.83. The van der Waals surface area contributed by atoms with Crippen LogP contribution in [0.1, 0.15) is 27.3 Å². The lowest BCUT2D eigenvalue weighted by Crippen LogP contribution is -2.25. The molecular formula is C17H15BrFN3O. The number of aromatic nitrogens is 2. The third kappa shape index (κ3) is 2.99. The van der Waals surface area contributed by atoms with Crippen LogP contribution in [0.25, 0.3) is 5.65 Å². The fourth-order valence-corrected chi connectivity index (χ4v) is 3.10. The second-order valence-electron chi connectivity index (χ2n) is 5.35. The number of amides is 1. The highest BCUT2D eigenvalue weighted by Crippen LogP contribution is 2.20. The van der Waals surface area contributed by atoms with E-state index in [2.05, 4.69) is 26.2 Å². The van der Waals surface area contributed by atoms with E-state index >= 15 is 0 Å². The van der Waals surface area contributed by atoms with E-state index in [0.29, 0.717) is 17.0 Å². The predicted octanol–water partition coefficient (Wildman–Crippen LogP) is 3.78. The Kier molecular flexibility index (Phi) is 4.17. The Morgan fingerprint density at radius 2 is 2.09 bits per heavy atom. The van der Waals surface area contributed by atoms with Crippen molar-refractivity contribution in [2.45, 2.75) is 20.4 Å². The van der Waals surface area contributed by atoms with Gasteiger partial charge in [0.15, 0.2) is 0 Å². The van der Waals surface area contributed by atoms with Crippen LogP contribution in [-0.4, -0.2) is 15.3 Å². The molecule has 2 heterocycles. The van der Waals surface area contributed by atoms with Crippen LogP contribution >= 0.6 is 15.9 Å². The Labute approximate surface area is 141 Å². The van der Waals surface area contributed by atoms with Crippen LogP contribution in [0.2, 0.25) is 0 Å². The molecule has 0 saturated carbocycles. The number of fused-ring (bicyclic) bond motifs is 1. The number of nitrogens with one attached hydrogen (secondary N) is 1. The fraction of sp³-hybridized carbons (Fsp3) is 0.176. The van der Waals surface area contributed by atoms with Crippen molar-refractivity contribution in [2.24, 2.45) is 0 Å². The van der Waals surface area contributed by atoms with E-state index in [4.69, 9.17) is 0 Å². The van der Waals surface area contributed by atoms with Gasteiger partial charge in [-0.25, -0.2) is 9.37 Å². The first-order valence-corrected chi connectivity index (χ1v) is 7.93. The standard InChI is InChI=1S/C17H15BrFN3O/c1-10-7-13(18)9-22-15(11(2)21-16(10)22)17(23)20-8-12-5-3-4-6-14(12)19/h3-7,9H,8H2,1-2H3,(H,20,23). The highest BCUT2D eigenvalue weighted by atomic mass is 79.9. The molecule has 0 saturated heterocycles. The van der Waals surface area contributed by atoms with Gasteiger partial charge < -0.3 is 5.32 Å². The van der Waals surface area contributed by atoms with Crippen molar-refractivity contribution >= 4 is 27.5 Å². The van der Waals surface area contributed by atoms with Crippen molar-refractivity contribution < 1.29 is 9.18 Å². The van der Waals surface area contributed by atoms with E-state index in [0.717, 1.165) is 15.7 Å². The summed E-state index contributed by atoms with van der Waals surface area (Å²) in [6.45, 7) is 3.86. The maximum Gasteiger partial charge on any atom is 0.270 e. The van der Waals surface area contributed by atoms with Crippen molar-refractivity contribution in [3.63, 3.8) is 0 Å². The summed E-state index contributed by atoms with van der Waals surface area (Å²) < 4.78 is 16.3. The first-order valence-electron chi connectivity index (χ1n) is 7.14. The van der Waals surface area contributed by atoms with Crippen molar-refractivity contribution in [3.8, 4) is 0 Å². The molecule has 23 heavy (non-hydrogen) atoms. The minimum Gasteiger partial charge on any atom is -0.347 e. The number of benzene rings is 1. The third-order valence-corrected chi connectivity index (χ3v) is 4.09. The van der Waals surface area contributed by atoms with E-state index < -0.39 is 0 Å². The minimum atomic E-state index is -0.332. The molecule has 4 nitrogen and oxygen atoms in total. The van der Waals surface area contributed by atoms with Crippen LogP contribution in [0.5, 0.6) is 0 Å². The normalized spacial score (nSPS) is 11.0. The molecule has 0 atom stereocenters. The molecule has 0 aliphatic rings. The summed E-state index contributed by atoms with van der Waals surface area (Å²) in [6.07, 6.45) is 1.81. The molecule has 1 N–H and O–H groups in total. The highest BCUT2D eigenvalue weighted by Gasteiger charge is 2.18. The quantitative estimate of drug-likeness (QED) is 0.756. The maximum atomic E-state index is 13.6. The molecule has 1 amide bonds. The molecular weight excluding hydrogens is 361 g/mol. The van der Waals surface area contributed by atoms with E-state index in [9.17, 15) is 9.18 Å². The number of nitrogens with zero attached hydrogens (tertiary/aromatic N) is 2.